The predicted octanol–water partition coefficient (Wildman–Crippen LogP) is 4.39. The van der Waals surface area contributed by atoms with Crippen LogP contribution in [0, 0.1) is 0 Å². The number of aromatic nitrogens is 1. The zero-order chi connectivity index (χ0) is 24.8. The van der Waals surface area contributed by atoms with Crippen LogP contribution in [0.2, 0.25) is 0 Å². The zero-order valence-electron chi connectivity index (χ0n) is 21.1. The average Bonchev–Trinajstić information content (AvgIpc) is 3.35. The van der Waals surface area contributed by atoms with Crippen LogP contribution in [-0.4, -0.2) is 65.3 Å². The van der Waals surface area contributed by atoms with E-state index in [2.05, 4.69) is 24.5 Å². The Hall–Kier alpha value is -2.32. The maximum atomic E-state index is 13.9. The molecule has 1 saturated carbocycles. The Kier molecular flexibility index (Phi) is 8.89. The van der Waals surface area contributed by atoms with E-state index >= 15 is 0 Å². The molecule has 2 aromatic rings. The Morgan fingerprint density at radius 2 is 2.03 bits per heavy atom. The number of pyridine rings is 1. The van der Waals surface area contributed by atoms with Crippen molar-refractivity contribution in [3.05, 3.63) is 30.0 Å². The summed E-state index contributed by atoms with van der Waals surface area (Å²) in [6.07, 6.45) is 6.77. The molecule has 4 rings (SSSR count). The van der Waals surface area contributed by atoms with Gasteiger partial charge in [-0.2, -0.15) is 0 Å². The summed E-state index contributed by atoms with van der Waals surface area (Å²) in [6.45, 7) is 8.05. The summed E-state index contributed by atoms with van der Waals surface area (Å²) in [4.78, 5) is 33.1. The molecule has 2 heterocycles. The molecule has 1 aromatic carbocycles. The monoisotopic (exact) mass is 498 g/mol. The molecule has 0 unspecified atom stereocenters. The van der Waals surface area contributed by atoms with Gasteiger partial charge in [0.05, 0.1) is 6.10 Å². The number of carbonyl (C=O) groups excluding carboxylic acids is 2. The lowest BCUT2D eigenvalue weighted by atomic mass is 10.0. The maximum absolute atomic E-state index is 13.9. The number of piperidine rings is 1. The van der Waals surface area contributed by atoms with Gasteiger partial charge < -0.3 is 20.3 Å². The predicted molar refractivity (Wildman–Crippen MR) is 141 cm³/mol. The molecule has 2 fully saturated rings. The van der Waals surface area contributed by atoms with Crippen LogP contribution in [0.3, 0.4) is 0 Å². The Bertz CT molecular complexity index is 1030. The van der Waals surface area contributed by atoms with Crippen LogP contribution in [-0.2, 0) is 4.79 Å². The zero-order valence-corrected chi connectivity index (χ0v) is 22.0. The largest absolute Gasteiger partial charge is 0.488 e. The molecule has 0 spiro atoms. The molecule has 35 heavy (non-hydrogen) atoms. The van der Waals surface area contributed by atoms with Crippen molar-refractivity contribution in [1.82, 2.24) is 20.5 Å². The van der Waals surface area contributed by atoms with Gasteiger partial charge in [0.25, 0.3) is 5.91 Å². The van der Waals surface area contributed by atoms with Crippen molar-refractivity contribution in [2.45, 2.75) is 82.4 Å². The van der Waals surface area contributed by atoms with Gasteiger partial charge in [-0.3, -0.25) is 9.59 Å². The van der Waals surface area contributed by atoms with Crippen molar-refractivity contribution in [2.75, 3.05) is 25.4 Å². The highest BCUT2D eigenvalue weighted by Crippen LogP contribution is 2.35. The minimum absolute atomic E-state index is 0.0324. The topological polar surface area (TPSA) is 83.6 Å². The van der Waals surface area contributed by atoms with E-state index in [0.29, 0.717) is 18.0 Å². The number of ether oxygens (including phenoxy) is 1. The molecule has 7 nitrogen and oxygen atoms in total. The third-order valence-corrected chi connectivity index (χ3v) is 7.83. The first-order chi connectivity index (χ1) is 16.9. The second kappa shape index (κ2) is 12.1. The molecular weight excluding hydrogens is 460 g/mol. The summed E-state index contributed by atoms with van der Waals surface area (Å²) in [5, 5.41) is 7.28. The lowest BCUT2D eigenvalue weighted by molar-refractivity contribution is -0.118. The van der Waals surface area contributed by atoms with Gasteiger partial charge in [-0.15, -0.1) is 11.8 Å². The summed E-state index contributed by atoms with van der Waals surface area (Å²) >= 11 is 1.64. The number of benzene rings is 1. The van der Waals surface area contributed by atoms with Crippen LogP contribution >= 0.6 is 11.8 Å². The second-order valence-electron chi connectivity index (χ2n) is 9.82. The number of hydrogen-bond acceptors (Lipinski definition) is 6. The molecule has 1 atom stereocenters. The Labute approximate surface area is 212 Å². The standard InChI is InChI=1S/C27H38N4O3S/c1-18(2)31(20-8-7-13-28-17-20)27(33)23-16-25(35-15-14-29-19(3)32)22-11-6-12-24(26(22)30-23)34-21-9-4-5-10-21/h6,11-12,16,18,20-21,28H,4-5,7-10,13-15,17H2,1-3H3,(H,29,32)/t20-/m1/s1. The molecular formula is C27H38N4O3S. The highest BCUT2D eigenvalue weighted by Gasteiger charge is 2.30. The molecule has 2 amide bonds. The Morgan fingerprint density at radius 3 is 2.71 bits per heavy atom. The number of rotatable bonds is 9. The molecule has 0 radical (unpaired) electrons. The molecule has 8 heteroatoms. The number of nitrogens with one attached hydrogen (secondary N) is 2. The summed E-state index contributed by atoms with van der Waals surface area (Å²) in [7, 11) is 0. The van der Waals surface area contributed by atoms with E-state index in [9.17, 15) is 9.59 Å². The Morgan fingerprint density at radius 1 is 1.23 bits per heavy atom. The number of nitrogens with zero attached hydrogens (tertiary/aromatic N) is 2. The van der Waals surface area contributed by atoms with E-state index in [1.165, 1.54) is 19.8 Å². The molecule has 0 bridgehead atoms. The van der Waals surface area contributed by atoms with E-state index < -0.39 is 0 Å². The minimum atomic E-state index is -0.0398. The van der Waals surface area contributed by atoms with Crippen molar-refractivity contribution < 1.29 is 14.3 Å². The number of thioether (sulfide) groups is 1. The van der Waals surface area contributed by atoms with Crippen molar-refractivity contribution in [3.8, 4) is 5.75 Å². The quantitative estimate of drug-likeness (QED) is 0.394. The van der Waals surface area contributed by atoms with Gasteiger partial charge in [0.1, 0.15) is 17.0 Å². The van der Waals surface area contributed by atoms with Crippen LogP contribution in [0.25, 0.3) is 10.9 Å². The molecule has 1 saturated heterocycles. The van der Waals surface area contributed by atoms with E-state index in [-0.39, 0.29) is 30.0 Å². The van der Waals surface area contributed by atoms with Gasteiger partial charge in [0.15, 0.2) is 0 Å². The van der Waals surface area contributed by atoms with Gasteiger partial charge in [-0.05, 0) is 71.0 Å². The fourth-order valence-electron chi connectivity index (χ4n) is 5.11. The van der Waals surface area contributed by atoms with Crippen LogP contribution in [0.5, 0.6) is 5.75 Å². The molecule has 1 aliphatic carbocycles. The van der Waals surface area contributed by atoms with E-state index in [1.807, 2.05) is 29.2 Å². The first-order valence-electron chi connectivity index (χ1n) is 12.9. The van der Waals surface area contributed by atoms with Crippen LogP contribution in [0.4, 0.5) is 0 Å². The smallest absolute Gasteiger partial charge is 0.273 e. The maximum Gasteiger partial charge on any atom is 0.273 e. The van der Waals surface area contributed by atoms with Crippen molar-refractivity contribution in [3.63, 3.8) is 0 Å². The lowest BCUT2D eigenvalue weighted by Gasteiger charge is -2.37. The van der Waals surface area contributed by atoms with E-state index in [1.54, 1.807) is 11.8 Å². The second-order valence-corrected chi connectivity index (χ2v) is 11.0. The summed E-state index contributed by atoms with van der Waals surface area (Å²) in [5.41, 5.74) is 1.21. The molecule has 2 N–H and O–H groups in total. The molecule has 190 valence electrons. The normalized spacial score (nSPS) is 18.7. The summed E-state index contributed by atoms with van der Waals surface area (Å²) < 4.78 is 6.40. The highest BCUT2D eigenvalue weighted by molar-refractivity contribution is 7.99. The third kappa shape index (κ3) is 6.47. The number of fused-ring (bicyclic) bond motifs is 1. The summed E-state index contributed by atoms with van der Waals surface area (Å²) in [6, 6.07) is 8.18. The highest BCUT2D eigenvalue weighted by atomic mass is 32.2. The van der Waals surface area contributed by atoms with Gasteiger partial charge >= 0.3 is 0 Å². The van der Waals surface area contributed by atoms with Gasteiger partial charge in [0, 0.05) is 48.1 Å². The van der Waals surface area contributed by atoms with Crippen molar-refractivity contribution in [1.29, 1.82) is 0 Å². The van der Waals surface area contributed by atoms with Gasteiger partial charge in [-0.25, -0.2) is 4.98 Å². The minimum Gasteiger partial charge on any atom is -0.488 e. The third-order valence-electron chi connectivity index (χ3n) is 6.77. The number of para-hydroxylation sites is 1. The average molecular weight is 499 g/mol. The number of hydrogen-bond donors (Lipinski definition) is 2. The lowest BCUT2D eigenvalue weighted by Crippen LogP contribution is -2.51. The molecule has 1 aliphatic heterocycles. The Balaban J connectivity index is 1.70. The first-order valence-corrected chi connectivity index (χ1v) is 13.9. The SMILES string of the molecule is CC(=O)NCCSc1cc(C(=O)N(C(C)C)[C@@H]2CCCNC2)nc2c(OC3CCCC3)cccc12. The van der Waals surface area contributed by atoms with Gasteiger partial charge in [0.2, 0.25) is 5.91 Å². The molecule has 1 aromatic heterocycles. The van der Waals surface area contributed by atoms with Crippen molar-refractivity contribution in [2.24, 2.45) is 0 Å². The first kappa shape index (κ1) is 25.8. The summed E-state index contributed by atoms with van der Waals surface area (Å²) in [5.74, 6) is 1.39. The van der Waals surface area contributed by atoms with Crippen LogP contribution in [0.15, 0.2) is 29.2 Å². The van der Waals surface area contributed by atoms with Crippen LogP contribution < -0.4 is 15.4 Å². The number of amides is 2. The van der Waals surface area contributed by atoms with Crippen molar-refractivity contribution >= 4 is 34.5 Å². The van der Waals surface area contributed by atoms with Gasteiger partial charge in [-0.1, -0.05) is 12.1 Å². The van der Waals surface area contributed by atoms with Crippen LogP contribution in [0.1, 0.15) is 69.8 Å². The van der Waals surface area contributed by atoms with E-state index in [0.717, 1.165) is 60.3 Å². The van der Waals surface area contributed by atoms with E-state index in [4.69, 9.17) is 9.72 Å². The number of carbonyl (C=O) groups is 2. The fourth-order valence-corrected chi connectivity index (χ4v) is 6.05. The molecule has 2 aliphatic rings. The fraction of sp³-hybridized carbons (Fsp3) is 0.593.